The maximum atomic E-state index is 11.9. The summed E-state index contributed by atoms with van der Waals surface area (Å²) in [7, 11) is 0. The third-order valence-corrected chi connectivity index (χ3v) is 2.80. The summed E-state index contributed by atoms with van der Waals surface area (Å²) in [6, 6.07) is 9.51. The Hall–Kier alpha value is -2.47. The number of carbonyl (C=O) groups excluding carboxylic acids is 1. The Morgan fingerprint density at radius 3 is 2.70 bits per heavy atom. The largest absolute Gasteiger partial charge is 0.508 e. The van der Waals surface area contributed by atoms with Crippen LogP contribution in [-0.4, -0.2) is 27.3 Å². The molecule has 0 unspecified atom stereocenters. The van der Waals surface area contributed by atoms with Crippen LogP contribution in [0.1, 0.15) is 11.3 Å². The monoisotopic (exact) mass is 272 g/mol. The molecule has 20 heavy (non-hydrogen) atoms. The highest BCUT2D eigenvalue weighted by atomic mass is 16.3. The minimum absolute atomic E-state index is 0.189. The Morgan fingerprint density at radius 1 is 1.30 bits per heavy atom. The molecule has 6 nitrogen and oxygen atoms in total. The molecule has 1 aromatic carbocycles. The fourth-order valence-corrected chi connectivity index (χ4v) is 1.72. The van der Waals surface area contributed by atoms with Crippen molar-refractivity contribution in [3.63, 3.8) is 0 Å². The van der Waals surface area contributed by atoms with Crippen LogP contribution in [0.4, 0.5) is 0 Å². The van der Waals surface area contributed by atoms with E-state index in [1.807, 2.05) is 0 Å². The highest BCUT2D eigenvalue weighted by Gasteiger charge is 2.13. The second-order valence-corrected chi connectivity index (χ2v) is 4.41. The lowest BCUT2D eigenvalue weighted by Crippen LogP contribution is -2.41. The van der Waals surface area contributed by atoms with Gasteiger partial charge >= 0.3 is 0 Å². The summed E-state index contributed by atoms with van der Waals surface area (Å²) in [6.45, 7) is 0.302. The lowest BCUT2D eigenvalue weighted by Gasteiger charge is -2.12. The lowest BCUT2D eigenvalue weighted by molar-refractivity contribution is -0.122. The van der Waals surface area contributed by atoms with E-state index in [1.54, 1.807) is 42.6 Å². The van der Waals surface area contributed by atoms with E-state index in [2.05, 4.69) is 15.5 Å². The van der Waals surface area contributed by atoms with E-state index in [-0.39, 0.29) is 11.7 Å². The number of aromatic hydroxyl groups is 1. The maximum Gasteiger partial charge on any atom is 0.237 e. The van der Waals surface area contributed by atoms with E-state index in [0.29, 0.717) is 18.7 Å². The van der Waals surface area contributed by atoms with E-state index in [0.717, 1.165) is 5.56 Å². The molecule has 0 radical (unpaired) electrons. The average Bonchev–Trinajstić information content (AvgIpc) is 2.48. The first-order valence-electron chi connectivity index (χ1n) is 6.23. The Bertz CT molecular complexity index is 557. The number of benzene rings is 1. The van der Waals surface area contributed by atoms with Gasteiger partial charge in [0.25, 0.3) is 0 Å². The summed E-state index contributed by atoms with van der Waals surface area (Å²) < 4.78 is 0. The predicted molar refractivity (Wildman–Crippen MR) is 73.7 cm³/mol. The van der Waals surface area contributed by atoms with Crippen molar-refractivity contribution in [1.29, 1.82) is 0 Å². The molecular weight excluding hydrogens is 256 g/mol. The van der Waals surface area contributed by atoms with Crippen LogP contribution in [0.5, 0.6) is 5.75 Å². The van der Waals surface area contributed by atoms with Crippen molar-refractivity contribution in [3.8, 4) is 5.75 Å². The van der Waals surface area contributed by atoms with Gasteiger partial charge in [-0.3, -0.25) is 4.79 Å². The molecule has 0 saturated carbocycles. The zero-order chi connectivity index (χ0) is 14.4. The summed E-state index contributed by atoms with van der Waals surface area (Å²) in [5.41, 5.74) is 7.41. The number of nitrogens with two attached hydrogens (primary N) is 1. The SMILES string of the molecule is N[C@@H](Cc1ccc(O)cc1)C(=O)NCc1cccnn1. The lowest BCUT2D eigenvalue weighted by atomic mass is 10.1. The van der Waals surface area contributed by atoms with Crippen molar-refractivity contribution in [2.45, 2.75) is 19.0 Å². The molecule has 1 atom stereocenters. The van der Waals surface area contributed by atoms with Crippen LogP contribution < -0.4 is 11.1 Å². The topological polar surface area (TPSA) is 101 Å². The number of hydrogen-bond acceptors (Lipinski definition) is 5. The number of rotatable bonds is 5. The third-order valence-electron chi connectivity index (χ3n) is 2.80. The zero-order valence-corrected chi connectivity index (χ0v) is 10.9. The van der Waals surface area contributed by atoms with Gasteiger partial charge in [-0.2, -0.15) is 10.2 Å². The van der Waals surface area contributed by atoms with Crippen molar-refractivity contribution in [2.24, 2.45) is 5.73 Å². The molecule has 0 bridgehead atoms. The number of phenolic OH excluding ortho intramolecular Hbond substituents is 1. The van der Waals surface area contributed by atoms with Crippen LogP contribution in [0.3, 0.4) is 0 Å². The molecule has 1 aromatic heterocycles. The molecule has 0 saturated heterocycles. The minimum atomic E-state index is -0.642. The fourth-order valence-electron chi connectivity index (χ4n) is 1.72. The van der Waals surface area contributed by atoms with Crippen molar-refractivity contribution < 1.29 is 9.90 Å². The molecule has 0 aliphatic heterocycles. The maximum absolute atomic E-state index is 11.9. The molecule has 4 N–H and O–H groups in total. The van der Waals surface area contributed by atoms with Crippen LogP contribution in [0.2, 0.25) is 0 Å². The predicted octanol–water partition coefficient (Wildman–Crippen LogP) is 0.368. The van der Waals surface area contributed by atoms with Gasteiger partial charge < -0.3 is 16.2 Å². The van der Waals surface area contributed by atoms with Gasteiger partial charge in [-0.25, -0.2) is 0 Å². The van der Waals surface area contributed by atoms with E-state index in [4.69, 9.17) is 5.73 Å². The molecule has 0 fully saturated rings. The van der Waals surface area contributed by atoms with Crippen molar-refractivity contribution >= 4 is 5.91 Å². The molecule has 1 amide bonds. The number of aromatic nitrogens is 2. The first kappa shape index (κ1) is 14.0. The van der Waals surface area contributed by atoms with Gasteiger partial charge in [-0.1, -0.05) is 12.1 Å². The van der Waals surface area contributed by atoms with Crippen LogP contribution in [0.15, 0.2) is 42.6 Å². The summed E-state index contributed by atoms with van der Waals surface area (Å²) in [5.74, 6) is -0.0573. The second kappa shape index (κ2) is 6.63. The van der Waals surface area contributed by atoms with Crippen LogP contribution in [0, 0.1) is 0 Å². The molecule has 104 valence electrons. The van der Waals surface area contributed by atoms with E-state index in [9.17, 15) is 9.90 Å². The van der Waals surface area contributed by atoms with Gasteiger partial charge in [0.15, 0.2) is 0 Å². The molecule has 0 aliphatic rings. The molecule has 1 heterocycles. The van der Waals surface area contributed by atoms with E-state index >= 15 is 0 Å². The summed E-state index contributed by atoms with van der Waals surface area (Å²) in [6.07, 6.45) is 1.98. The summed E-state index contributed by atoms with van der Waals surface area (Å²) >= 11 is 0. The normalized spacial score (nSPS) is 11.8. The van der Waals surface area contributed by atoms with Crippen LogP contribution in [0.25, 0.3) is 0 Å². The molecule has 0 spiro atoms. The Labute approximate surface area is 116 Å². The number of carbonyl (C=O) groups is 1. The minimum Gasteiger partial charge on any atom is -0.508 e. The summed E-state index contributed by atoms with van der Waals surface area (Å²) in [5, 5.41) is 19.5. The summed E-state index contributed by atoms with van der Waals surface area (Å²) in [4.78, 5) is 11.9. The second-order valence-electron chi connectivity index (χ2n) is 4.41. The molecule has 2 rings (SSSR count). The highest BCUT2D eigenvalue weighted by Crippen LogP contribution is 2.10. The van der Waals surface area contributed by atoms with E-state index in [1.165, 1.54) is 0 Å². The smallest absolute Gasteiger partial charge is 0.237 e. The van der Waals surface area contributed by atoms with Crippen molar-refractivity contribution in [1.82, 2.24) is 15.5 Å². The first-order valence-corrected chi connectivity index (χ1v) is 6.23. The van der Waals surface area contributed by atoms with Gasteiger partial charge in [0.05, 0.1) is 18.3 Å². The Kier molecular flexibility index (Phi) is 4.62. The molecular formula is C14H16N4O2. The molecule has 2 aromatic rings. The molecule has 0 aliphatic carbocycles. The zero-order valence-electron chi connectivity index (χ0n) is 10.9. The average molecular weight is 272 g/mol. The number of nitrogens with zero attached hydrogens (tertiary/aromatic N) is 2. The first-order chi connectivity index (χ1) is 9.65. The van der Waals surface area contributed by atoms with Crippen molar-refractivity contribution in [3.05, 3.63) is 53.9 Å². The quantitative estimate of drug-likeness (QED) is 0.730. The standard InChI is InChI=1S/C14H16N4O2/c15-13(8-10-3-5-12(19)6-4-10)14(20)16-9-11-2-1-7-17-18-11/h1-7,13,19H,8-9,15H2,(H,16,20)/t13-/m0/s1. The van der Waals surface area contributed by atoms with Crippen LogP contribution in [-0.2, 0) is 17.8 Å². The number of hydrogen-bond donors (Lipinski definition) is 3. The van der Waals surface area contributed by atoms with Gasteiger partial charge in [-0.05, 0) is 36.2 Å². The number of nitrogens with one attached hydrogen (secondary N) is 1. The Balaban J connectivity index is 1.84. The number of amides is 1. The highest BCUT2D eigenvalue weighted by molar-refractivity contribution is 5.81. The third kappa shape index (κ3) is 4.03. The van der Waals surface area contributed by atoms with E-state index < -0.39 is 6.04 Å². The van der Waals surface area contributed by atoms with Crippen molar-refractivity contribution in [2.75, 3.05) is 0 Å². The van der Waals surface area contributed by atoms with Gasteiger partial charge in [0.2, 0.25) is 5.91 Å². The Morgan fingerprint density at radius 2 is 2.05 bits per heavy atom. The molecule has 6 heteroatoms. The van der Waals surface area contributed by atoms with Crippen LogP contribution >= 0.6 is 0 Å². The fraction of sp³-hybridized carbons (Fsp3) is 0.214. The van der Waals surface area contributed by atoms with Gasteiger partial charge in [-0.15, -0.1) is 0 Å². The number of phenols is 1. The van der Waals surface area contributed by atoms with Gasteiger partial charge in [0.1, 0.15) is 5.75 Å². The van der Waals surface area contributed by atoms with Gasteiger partial charge in [0, 0.05) is 6.20 Å².